The summed E-state index contributed by atoms with van der Waals surface area (Å²) in [6.45, 7) is 8.20. The van der Waals surface area contributed by atoms with Gasteiger partial charge in [-0.2, -0.15) is 0 Å². The second kappa shape index (κ2) is 7.34. The number of anilines is 2. The number of carbonyl (C=O) groups excluding carboxylic acids is 1. The van der Waals surface area contributed by atoms with Crippen LogP contribution in [0.25, 0.3) is 0 Å². The molecule has 2 unspecified atom stereocenters. The van der Waals surface area contributed by atoms with Crippen molar-refractivity contribution >= 4 is 40.5 Å². The van der Waals surface area contributed by atoms with Gasteiger partial charge in [-0.15, -0.1) is 0 Å². The molecule has 4 nitrogen and oxygen atoms in total. The zero-order valence-electron chi connectivity index (χ0n) is 13.1. The molecule has 0 heterocycles. The van der Waals surface area contributed by atoms with Crippen LogP contribution in [0.2, 0.25) is 10.0 Å². The minimum Gasteiger partial charge on any atom is -0.397 e. The number of hydrogen-bond donors (Lipinski definition) is 2. The number of nitrogens with zero attached hydrogens (tertiary/aromatic N) is 1. The third-order valence-corrected chi connectivity index (χ3v) is 4.45. The number of likely N-dealkylation sites (N-methyl/N-ethyl adjacent to an activating group) is 1. The molecule has 118 valence electrons. The molecular formula is C15H23Cl2N3O. The third kappa shape index (κ3) is 4.50. The van der Waals surface area contributed by atoms with E-state index in [2.05, 4.69) is 26.1 Å². The second-order valence-electron chi connectivity index (χ2n) is 5.67. The van der Waals surface area contributed by atoms with Crippen molar-refractivity contribution in [3.8, 4) is 0 Å². The van der Waals surface area contributed by atoms with Crippen molar-refractivity contribution in [2.75, 3.05) is 18.1 Å². The van der Waals surface area contributed by atoms with Gasteiger partial charge in [0, 0.05) is 11.1 Å². The number of nitrogens with one attached hydrogen (secondary N) is 1. The lowest BCUT2D eigenvalue weighted by atomic mass is 10.0. The summed E-state index contributed by atoms with van der Waals surface area (Å²) in [6, 6.07) is 3.10. The SMILES string of the molecule is CC(C)C(C)N(C)C(C)C(=O)Nc1c(N)cc(Cl)cc1Cl. The van der Waals surface area contributed by atoms with Crippen molar-refractivity contribution in [3.63, 3.8) is 0 Å². The second-order valence-corrected chi connectivity index (χ2v) is 6.51. The summed E-state index contributed by atoms with van der Waals surface area (Å²) in [4.78, 5) is 14.4. The largest absolute Gasteiger partial charge is 0.397 e. The van der Waals surface area contributed by atoms with E-state index in [9.17, 15) is 4.79 Å². The minimum absolute atomic E-state index is 0.152. The standard InChI is InChI=1S/C15H23Cl2N3O/c1-8(2)9(3)20(5)10(4)15(21)19-14-12(17)6-11(16)7-13(14)18/h6-10H,18H2,1-5H3,(H,19,21). The molecule has 3 N–H and O–H groups in total. The van der Waals surface area contributed by atoms with E-state index in [4.69, 9.17) is 28.9 Å². The average molecular weight is 332 g/mol. The molecule has 0 saturated heterocycles. The maximum absolute atomic E-state index is 12.4. The smallest absolute Gasteiger partial charge is 0.241 e. The number of carbonyl (C=O) groups is 1. The van der Waals surface area contributed by atoms with Crippen LogP contribution >= 0.6 is 23.2 Å². The minimum atomic E-state index is -0.298. The van der Waals surface area contributed by atoms with Crippen LogP contribution in [0.15, 0.2) is 12.1 Å². The van der Waals surface area contributed by atoms with Crippen molar-refractivity contribution in [2.24, 2.45) is 5.92 Å². The van der Waals surface area contributed by atoms with Gasteiger partial charge >= 0.3 is 0 Å². The van der Waals surface area contributed by atoms with Crippen molar-refractivity contribution in [2.45, 2.75) is 39.8 Å². The van der Waals surface area contributed by atoms with Crippen molar-refractivity contribution in [1.29, 1.82) is 0 Å². The lowest BCUT2D eigenvalue weighted by Gasteiger charge is -2.32. The Labute approximate surface area is 136 Å². The fourth-order valence-electron chi connectivity index (χ4n) is 1.96. The highest BCUT2D eigenvalue weighted by atomic mass is 35.5. The van der Waals surface area contributed by atoms with Crippen LogP contribution < -0.4 is 11.1 Å². The predicted octanol–water partition coefficient (Wildman–Crippen LogP) is 3.88. The summed E-state index contributed by atoms with van der Waals surface area (Å²) < 4.78 is 0. The van der Waals surface area contributed by atoms with Gasteiger partial charge in [-0.25, -0.2) is 0 Å². The fraction of sp³-hybridized carbons (Fsp3) is 0.533. The van der Waals surface area contributed by atoms with Gasteiger partial charge in [-0.05, 0) is 38.9 Å². The third-order valence-electron chi connectivity index (χ3n) is 3.93. The Bertz CT molecular complexity index is 497. The lowest BCUT2D eigenvalue weighted by molar-refractivity contribution is -0.121. The van der Waals surface area contributed by atoms with E-state index in [1.165, 1.54) is 0 Å². The van der Waals surface area contributed by atoms with Crippen LogP contribution in [0, 0.1) is 5.92 Å². The quantitative estimate of drug-likeness (QED) is 0.805. The maximum atomic E-state index is 12.4. The van der Waals surface area contributed by atoms with E-state index in [0.29, 0.717) is 27.3 Å². The number of nitrogen functional groups attached to an aromatic ring is 1. The highest BCUT2D eigenvalue weighted by molar-refractivity contribution is 6.37. The topological polar surface area (TPSA) is 58.4 Å². The Morgan fingerprint density at radius 1 is 1.24 bits per heavy atom. The Balaban J connectivity index is 2.87. The molecule has 21 heavy (non-hydrogen) atoms. The van der Waals surface area contributed by atoms with E-state index in [1.807, 2.05) is 18.9 Å². The first kappa shape index (κ1) is 18.1. The van der Waals surface area contributed by atoms with Crippen molar-refractivity contribution in [1.82, 2.24) is 4.90 Å². The van der Waals surface area contributed by atoms with Gasteiger partial charge in [0.2, 0.25) is 5.91 Å². The van der Waals surface area contributed by atoms with Gasteiger partial charge in [0.15, 0.2) is 0 Å². The van der Waals surface area contributed by atoms with E-state index < -0.39 is 0 Å². The number of benzene rings is 1. The van der Waals surface area contributed by atoms with Crippen LogP contribution in [0.3, 0.4) is 0 Å². The Kier molecular flexibility index (Phi) is 6.32. The summed E-state index contributed by atoms with van der Waals surface area (Å²) in [5, 5.41) is 3.56. The van der Waals surface area contributed by atoms with Crippen LogP contribution in [0.5, 0.6) is 0 Å². The molecule has 0 radical (unpaired) electrons. The molecule has 0 aliphatic carbocycles. The van der Waals surface area contributed by atoms with Crippen molar-refractivity contribution in [3.05, 3.63) is 22.2 Å². The molecule has 1 aromatic rings. The molecule has 0 aliphatic rings. The first-order valence-corrected chi connectivity index (χ1v) is 7.68. The van der Waals surface area contributed by atoms with Gasteiger partial charge in [0.1, 0.15) is 0 Å². The lowest BCUT2D eigenvalue weighted by Crippen LogP contribution is -2.46. The molecule has 0 bridgehead atoms. The summed E-state index contributed by atoms with van der Waals surface area (Å²) in [7, 11) is 1.93. The Morgan fingerprint density at radius 3 is 2.29 bits per heavy atom. The molecule has 1 aromatic carbocycles. The van der Waals surface area contributed by atoms with Crippen LogP contribution in [-0.2, 0) is 4.79 Å². The van der Waals surface area contributed by atoms with Gasteiger partial charge < -0.3 is 11.1 Å². The normalized spacial score (nSPS) is 14.3. The molecule has 6 heteroatoms. The number of halogens is 2. The number of amides is 1. The number of hydrogen-bond acceptors (Lipinski definition) is 3. The number of nitrogens with two attached hydrogens (primary N) is 1. The highest BCUT2D eigenvalue weighted by Gasteiger charge is 2.24. The molecule has 0 aromatic heterocycles. The molecule has 0 saturated carbocycles. The van der Waals surface area contributed by atoms with Gasteiger partial charge in [-0.1, -0.05) is 37.0 Å². The average Bonchev–Trinajstić information content (AvgIpc) is 2.39. The molecule has 0 fully saturated rings. The molecular weight excluding hydrogens is 309 g/mol. The maximum Gasteiger partial charge on any atom is 0.241 e. The highest BCUT2D eigenvalue weighted by Crippen LogP contribution is 2.32. The molecule has 0 aliphatic heterocycles. The first-order chi connectivity index (χ1) is 9.65. The van der Waals surface area contributed by atoms with Crippen LogP contribution in [-0.4, -0.2) is 29.9 Å². The summed E-state index contributed by atoms with van der Waals surface area (Å²) in [5.41, 5.74) is 6.62. The first-order valence-electron chi connectivity index (χ1n) is 6.92. The van der Waals surface area contributed by atoms with E-state index in [-0.39, 0.29) is 18.0 Å². The van der Waals surface area contributed by atoms with Gasteiger partial charge in [0.25, 0.3) is 0 Å². The van der Waals surface area contributed by atoms with Crippen molar-refractivity contribution < 1.29 is 4.79 Å². The fourth-order valence-corrected chi connectivity index (χ4v) is 2.52. The monoisotopic (exact) mass is 331 g/mol. The summed E-state index contributed by atoms with van der Waals surface area (Å²) in [5.74, 6) is 0.301. The van der Waals surface area contributed by atoms with Crippen LogP contribution in [0.1, 0.15) is 27.7 Å². The zero-order chi connectivity index (χ0) is 16.3. The summed E-state index contributed by atoms with van der Waals surface area (Å²) in [6.07, 6.45) is 0. The predicted molar refractivity (Wildman–Crippen MR) is 91.0 cm³/mol. The Hall–Kier alpha value is -0.970. The molecule has 1 rings (SSSR count). The van der Waals surface area contributed by atoms with E-state index in [1.54, 1.807) is 12.1 Å². The van der Waals surface area contributed by atoms with Gasteiger partial charge in [-0.3, -0.25) is 9.69 Å². The zero-order valence-corrected chi connectivity index (χ0v) is 14.6. The molecule has 0 spiro atoms. The van der Waals surface area contributed by atoms with E-state index in [0.717, 1.165) is 0 Å². The molecule has 2 atom stereocenters. The van der Waals surface area contributed by atoms with Crippen LogP contribution in [0.4, 0.5) is 11.4 Å². The van der Waals surface area contributed by atoms with E-state index >= 15 is 0 Å². The summed E-state index contributed by atoms with van der Waals surface area (Å²) >= 11 is 11.9. The van der Waals surface area contributed by atoms with Gasteiger partial charge in [0.05, 0.1) is 22.4 Å². The Morgan fingerprint density at radius 2 is 1.81 bits per heavy atom. The molecule has 1 amide bonds. The number of rotatable bonds is 5.